The minimum atomic E-state index is -2.95. The van der Waals surface area contributed by atoms with Gasteiger partial charge in [-0.3, -0.25) is 0 Å². The lowest BCUT2D eigenvalue weighted by atomic mass is 10.1. The van der Waals surface area contributed by atoms with Gasteiger partial charge in [-0.2, -0.15) is 0 Å². The predicted molar refractivity (Wildman–Crippen MR) is 233 cm³/mol. The second kappa shape index (κ2) is 13.9. The Morgan fingerprint density at radius 3 is 0.943 bits per heavy atom. The Bertz CT molecular complexity index is 2190. The van der Waals surface area contributed by atoms with Crippen LogP contribution in [0.2, 0.25) is 10.0 Å². The van der Waals surface area contributed by atoms with Crippen LogP contribution in [-0.4, -0.2) is 0 Å². The summed E-state index contributed by atoms with van der Waals surface area (Å²) in [6.07, 6.45) is 0. The molecule has 0 saturated heterocycles. The van der Waals surface area contributed by atoms with Crippen LogP contribution in [0.3, 0.4) is 0 Å². The quantitative estimate of drug-likeness (QED) is 0.135. The van der Waals surface area contributed by atoms with Crippen molar-refractivity contribution in [2.24, 2.45) is 0 Å². The van der Waals surface area contributed by atoms with E-state index in [4.69, 9.17) is 23.2 Å². The van der Waals surface area contributed by atoms with Gasteiger partial charge in [0.15, 0.2) is 14.5 Å². The van der Waals surface area contributed by atoms with Gasteiger partial charge in [-0.15, -0.1) is 0 Å². The Hall–Kier alpha value is -4.80. The maximum absolute atomic E-state index is 7.95. The molecule has 0 saturated carbocycles. The molecular formula is C49H36Cl2P2+2. The first-order valence-corrected chi connectivity index (χ1v) is 22.2. The molecule has 4 heteroatoms. The molecule has 0 radical (unpaired) electrons. The molecule has 0 amide bonds. The van der Waals surface area contributed by atoms with E-state index >= 15 is 0 Å². The van der Waals surface area contributed by atoms with E-state index in [0.29, 0.717) is 10.0 Å². The first-order chi connectivity index (χ1) is 26.2. The average molecular weight is 758 g/mol. The van der Waals surface area contributed by atoms with Crippen molar-refractivity contribution in [1.29, 1.82) is 0 Å². The van der Waals surface area contributed by atoms with Gasteiger partial charge >= 0.3 is 0 Å². The van der Waals surface area contributed by atoms with Crippen molar-refractivity contribution >= 4 is 69.6 Å². The third-order valence-corrected chi connectivity index (χ3v) is 22.8. The SMILES string of the molecule is Clc1ccc2c(c1Cl)C([P+](c1ccccc1)(c1ccccc1)c1ccccc1)([P+](c1ccccc1)(c1ccccc1)c1ccccc1)c1ccccc1-2. The van der Waals surface area contributed by atoms with Crippen molar-refractivity contribution in [3.8, 4) is 11.1 Å². The van der Waals surface area contributed by atoms with E-state index in [0.717, 1.165) is 11.1 Å². The van der Waals surface area contributed by atoms with Crippen LogP contribution in [-0.2, 0) is 4.90 Å². The topological polar surface area (TPSA) is 0 Å². The normalized spacial score (nSPS) is 13.2. The fraction of sp³-hybridized carbons (Fsp3) is 0.0204. The third kappa shape index (κ3) is 4.84. The molecule has 0 unspecified atom stereocenters. The first-order valence-electron chi connectivity index (χ1n) is 17.9. The second-order valence-electron chi connectivity index (χ2n) is 13.4. The van der Waals surface area contributed by atoms with Crippen LogP contribution in [0, 0.1) is 0 Å². The van der Waals surface area contributed by atoms with Gasteiger partial charge in [0.1, 0.15) is 31.8 Å². The van der Waals surface area contributed by atoms with Gasteiger partial charge in [-0.1, -0.05) is 157 Å². The van der Waals surface area contributed by atoms with E-state index in [9.17, 15) is 0 Å². The Labute approximate surface area is 323 Å². The van der Waals surface area contributed by atoms with Crippen LogP contribution in [0.15, 0.2) is 218 Å². The largest absolute Gasteiger partial charge is 0.257 e. The molecule has 1 aliphatic carbocycles. The van der Waals surface area contributed by atoms with Crippen LogP contribution in [0.5, 0.6) is 0 Å². The molecule has 8 aromatic rings. The van der Waals surface area contributed by atoms with Gasteiger partial charge in [0.25, 0.3) is 4.90 Å². The van der Waals surface area contributed by atoms with Gasteiger partial charge in [0, 0.05) is 5.56 Å². The zero-order valence-corrected chi connectivity index (χ0v) is 32.2. The summed E-state index contributed by atoms with van der Waals surface area (Å²) < 4.78 is 0. The zero-order valence-electron chi connectivity index (χ0n) is 28.9. The van der Waals surface area contributed by atoms with Crippen molar-refractivity contribution < 1.29 is 0 Å². The Morgan fingerprint density at radius 2 is 0.604 bits per heavy atom. The fourth-order valence-corrected chi connectivity index (χ4v) is 23.6. The highest BCUT2D eigenvalue weighted by molar-refractivity contribution is 8.12. The Balaban J connectivity index is 1.71. The molecule has 0 aliphatic heterocycles. The van der Waals surface area contributed by atoms with E-state index < -0.39 is 19.4 Å². The smallest absolute Gasteiger partial charge is 0.0827 e. The number of halogens is 2. The summed E-state index contributed by atoms with van der Waals surface area (Å²) in [6, 6.07) is 81.0. The molecule has 8 aromatic carbocycles. The second-order valence-corrected chi connectivity index (χ2v) is 21.6. The average Bonchev–Trinajstić information content (AvgIpc) is 3.54. The monoisotopic (exact) mass is 756 g/mol. The van der Waals surface area contributed by atoms with Gasteiger partial charge in [0.2, 0.25) is 0 Å². The van der Waals surface area contributed by atoms with E-state index in [1.165, 1.54) is 43.0 Å². The predicted octanol–water partition coefficient (Wildman–Crippen LogP) is 11.2. The minimum Gasteiger partial charge on any atom is -0.0827 e. The maximum Gasteiger partial charge on any atom is 0.257 e. The standard InChI is InChI=1S/C49H36Cl2P2/c50-46-36-35-44-43-33-19-20-34-45(43)49(47(44)48(46)51,52(37-21-7-1-8-22-37,38-23-9-2-10-24-38)39-25-11-3-12-26-39)53(40-27-13-4-14-28-40,41-29-15-5-16-30-41)42-31-17-6-18-32-42/h1-36H/q+2. The first kappa shape index (κ1) is 34.0. The lowest BCUT2D eigenvalue weighted by Gasteiger charge is -2.49. The van der Waals surface area contributed by atoms with E-state index in [2.05, 4.69) is 212 Å². The summed E-state index contributed by atoms with van der Waals surface area (Å²) in [7, 11) is -5.91. The van der Waals surface area contributed by atoms with Crippen LogP contribution in [0.1, 0.15) is 11.1 Å². The minimum absolute atomic E-state index is 0.558. The molecule has 53 heavy (non-hydrogen) atoms. The lowest BCUT2D eigenvalue weighted by molar-refractivity contribution is 1.08. The molecule has 0 atom stereocenters. The lowest BCUT2D eigenvalue weighted by Crippen LogP contribution is -2.54. The number of benzene rings is 8. The molecule has 0 aromatic heterocycles. The molecule has 0 N–H and O–H groups in total. The molecule has 0 heterocycles. The summed E-state index contributed by atoms with van der Waals surface area (Å²) in [6.45, 7) is 0. The van der Waals surface area contributed by atoms with Crippen molar-refractivity contribution in [3.63, 3.8) is 0 Å². The third-order valence-electron chi connectivity index (χ3n) is 10.9. The molecule has 0 nitrogen and oxygen atoms in total. The molecule has 1 aliphatic rings. The number of hydrogen-bond donors (Lipinski definition) is 0. The molecule has 0 spiro atoms. The van der Waals surface area contributed by atoms with Crippen LogP contribution in [0.25, 0.3) is 11.1 Å². The molecule has 254 valence electrons. The van der Waals surface area contributed by atoms with E-state index in [-0.39, 0.29) is 0 Å². The summed E-state index contributed by atoms with van der Waals surface area (Å²) in [4.78, 5) is -0.804. The number of rotatable bonds is 8. The van der Waals surface area contributed by atoms with Crippen molar-refractivity contribution in [2.75, 3.05) is 0 Å². The van der Waals surface area contributed by atoms with E-state index in [1.54, 1.807) is 0 Å². The maximum atomic E-state index is 7.95. The fourth-order valence-electron chi connectivity index (χ4n) is 9.12. The number of hydrogen-bond acceptors (Lipinski definition) is 0. The molecule has 0 fully saturated rings. The summed E-state index contributed by atoms with van der Waals surface area (Å²) in [5.74, 6) is 0. The van der Waals surface area contributed by atoms with Crippen LogP contribution < -0.4 is 31.8 Å². The summed E-state index contributed by atoms with van der Waals surface area (Å²) in [5, 5.41) is 8.85. The van der Waals surface area contributed by atoms with Crippen LogP contribution in [0.4, 0.5) is 0 Å². The highest BCUT2D eigenvalue weighted by atomic mass is 35.5. The summed E-state index contributed by atoms with van der Waals surface area (Å²) in [5.41, 5.74) is 4.70. The van der Waals surface area contributed by atoms with Crippen molar-refractivity contribution in [3.05, 3.63) is 240 Å². The van der Waals surface area contributed by atoms with Crippen molar-refractivity contribution in [2.45, 2.75) is 4.90 Å². The Morgan fingerprint density at radius 1 is 0.302 bits per heavy atom. The number of fused-ring (bicyclic) bond motifs is 3. The summed E-state index contributed by atoms with van der Waals surface area (Å²) >= 11 is 15.3. The van der Waals surface area contributed by atoms with Crippen LogP contribution >= 0.6 is 37.7 Å². The molecule has 0 bridgehead atoms. The zero-order chi connectivity index (χ0) is 35.9. The highest BCUT2D eigenvalue weighted by Gasteiger charge is 2.83. The highest BCUT2D eigenvalue weighted by Crippen LogP contribution is 2.92. The van der Waals surface area contributed by atoms with Gasteiger partial charge < -0.3 is 0 Å². The van der Waals surface area contributed by atoms with E-state index in [1.807, 2.05) is 6.07 Å². The van der Waals surface area contributed by atoms with Gasteiger partial charge in [-0.25, -0.2) is 0 Å². The van der Waals surface area contributed by atoms with Gasteiger partial charge in [0.05, 0.1) is 15.6 Å². The molecular weight excluding hydrogens is 721 g/mol. The van der Waals surface area contributed by atoms with Gasteiger partial charge in [-0.05, 0) is 96.1 Å². The van der Waals surface area contributed by atoms with Crippen molar-refractivity contribution in [1.82, 2.24) is 0 Å². The Kier molecular flexibility index (Phi) is 8.90. The molecule has 9 rings (SSSR count).